The molecule has 16 heavy (non-hydrogen) atoms. The van der Waals surface area contributed by atoms with E-state index in [9.17, 15) is 0 Å². The quantitative estimate of drug-likeness (QED) is 0.655. The molecule has 0 aliphatic heterocycles. The maximum atomic E-state index is 4.21. The van der Waals surface area contributed by atoms with Crippen molar-refractivity contribution in [1.29, 1.82) is 0 Å². The van der Waals surface area contributed by atoms with Crippen LogP contribution in [0.3, 0.4) is 0 Å². The van der Waals surface area contributed by atoms with E-state index in [0.717, 1.165) is 16.5 Å². The summed E-state index contributed by atoms with van der Waals surface area (Å²) < 4.78 is 1.56. The predicted octanol–water partition coefficient (Wildman–Crippen LogP) is 1.64. The number of nitrogens with one attached hydrogen (secondary N) is 1. The predicted molar refractivity (Wildman–Crippen MR) is 61.3 cm³/mol. The number of para-hydroxylation sites is 1. The van der Waals surface area contributed by atoms with E-state index in [4.69, 9.17) is 0 Å². The number of hydrogen-bond donors (Lipinski definition) is 1. The third kappa shape index (κ3) is 1.48. The van der Waals surface area contributed by atoms with Crippen LogP contribution in [0.4, 0.5) is 0 Å². The molecular weight excluding hydrogens is 202 g/mol. The molecule has 0 bridgehead atoms. The van der Waals surface area contributed by atoms with Gasteiger partial charge in [-0.15, -0.1) is 10.2 Å². The van der Waals surface area contributed by atoms with Crippen molar-refractivity contribution in [3.8, 4) is 0 Å². The molecule has 0 spiro atoms. The zero-order valence-electron chi connectivity index (χ0n) is 8.41. The first-order valence-electron chi connectivity index (χ1n) is 4.88. The summed E-state index contributed by atoms with van der Waals surface area (Å²) in [5, 5.41) is 12.7. The van der Waals surface area contributed by atoms with Crippen LogP contribution in [-0.4, -0.2) is 26.1 Å². The fourth-order valence-electron chi connectivity index (χ4n) is 1.58. The summed E-state index contributed by atoms with van der Waals surface area (Å²) in [6.45, 7) is 0. The van der Waals surface area contributed by atoms with Crippen molar-refractivity contribution in [3.63, 3.8) is 0 Å². The van der Waals surface area contributed by atoms with Crippen molar-refractivity contribution >= 4 is 17.1 Å². The van der Waals surface area contributed by atoms with Crippen molar-refractivity contribution in [3.05, 3.63) is 48.7 Å². The van der Waals surface area contributed by atoms with E-state index < -0.39 is 0 Å². The van der Waals surface area contributed by atoms with Crippen LogP contribution in [0.15, 0.2) is 48.2 Å². The van der Waals surface area contributed by atoms with Gasteiger partial charge >= 0.3 is 0 Å². The molecule has 0 saturated carbocycles. The Hall–Kier alpha value is -2.43. The maximum absolute atomic E-state index is 4.21. The van der Waals surface area contributed by atoms with Gasteiger partial charge in [-0.3, -0.25) is 0 Å². The molecule has 2 heterocycles. The number of benzene rings is 1. The molecule has 2 aromatic heterocycles. The standard InChI is InChI=1S/C11H9N5/c1-2-4-11-10(3-1)9(5-12-11)6-15-16-7-13-14-8-16/h1-8,12H/b15-6-. The zero-order chi connectivity index (χ0) is 10.8. The van der Waals surface area contributed by atoms with Crippen molar-refractivity contribution in [2.24, 2.45) is 5.10 Å². The highest BCUT2D eigenvalue weighted by molar-refractivity contribution is 5.98. The van der Waals surface area contributed by atoms with Crippen LogP contribution in [0.25, 0.3) is 10.9 Å². The van der Waals surface area contributed by atoms with Crippen molar-refractivity contribution < 1.29 is 0 Å². The van der Waals surface area contributed by atoms with E-state index in [2.05, 4.69) is 26.3 Å². The van der Waals surface area contributed by atoms with Crippen LogP contribution in [-0.2, 0) is 0 Å². The van der Waals surface area contributed by atoms with Gasteiger partial charge in [0.2, 0.25) is 0 Å². The minimum atomic E-state index is 1.05. The Kier molecular flexibility index (Phi) is 2.00. The Labute approximate surface area is 91.4 Å². The minimum Gasteiger partial charge on any atom is -0.361 e. The van der Waals surface area contributed by atoms with Gasteiger partial charge in [0.15, 0.2) is 0 Å². The minimum absolute atomic E-state index is 1.05. The molecule has 5 nitrogen and oxygen atoms in total. The molecule has 0 aliphatic carbocycles. The molecule has 1 aromatic carbocycles. The summed E-state index contributed by atoms with van der Waals surface area (Å²) in [6, 6.07) is 8.09. The number of fused-ring (bicyclic) bond motifs is 1. The Morgan fingerprint density at radius 3 is 2.88 bits per heavy atom. The van der Waals surface area contributed by atoms with E-state index >= 15 is 0 Å². The van der Waals surface area contributed by atoms with Crippen LogP contribution >= 0.6 is 0 Å². The van der Waals surface area contributed by atoms with Crippen molar-refractivity contribution in [1.82, 2.24) is 19.9 Å². The second kappa shape index (κ2) is 3.62. The number of aromatic amines is 1. The average Bonchev–Trinajstić information content (AvgIpc) is 2.96. The smallest absolute Gasteiger partial charge is 0.141 e. The van der Waals surface area contributed by atoms with E-state index in [1.165, 1.54) is 0 Å². The summed E-state index contributed by atoms with van der Waals surface area (Å²) in [4.78, 5) is 3.19. The summed E-state index contributed by atoms with van der Waals surface area (Å²) in [7, 11) is 0. The molecule has 0 amide bonds. The van der Waals surface area contributed by atoms with Gasteiger partial charge in [0.25, 0.3) is 0 Å². The van der Waals surface area contributed by atoms with Gasteiger partial charge in [0.05, 0.1) is 6.21 Å². The number of nitrogens with zero attached hydrogens (tertiary/aromatic N) is 4. The average molecular weight is 211 g/mol. The fraction of sp³-hybridized carbons (Fsp3) is 0. The molecule has 1 N–H and O–H groups in total. The highest BCUT2D eigenvalue weighted by Crippen LogP contribution is 2.15. The third-order valence-electron chi connectivity index (χ3n) is 2.36. The molecule has 0 unspecified atom stereocenters. The lowest BCUT2D eigenvalue weighted by Crippen LogP contribution is -1.85. The molecule has 0 radical (unpaired) electrons. The van der Waals surface area contributed by atoms with Gasteiger partial charge in [0, 0.05) is 22.7 Å². The largest absolute Gasteiger partial charge is 0.361 e. The topological polar surface area (TPSA) is 58.9 Å². The molecule has 5 heteroatoms. The summed E-state index contributed by atoms with van der Waals surface area (Å²) >= 11 is 0. The van der Waals surface area contributed by atoms with Crippen LogP contribution in [0.2, 0.25) is 0 Å². The van der Waals surface area contributed by atoms with Crippen LogP contribution < -0.4 is 0 Å². The molecule has 3 rings (SSSR count). The highest BCUT2D eigenvalue weighted by Gasteiger charge is 1.99. The Morgan fingerprint density at radius 2 is 2.00 bits per heavy atom. The van der Waals surface area contributed by atoms with Gasteiger partial charge in [-0.2, -0.15) is 5.10 Å². The Bertz CT molecular complexity index is 621. The van der Waals surface area contributed by atoms with E-state index in [1.807, 2.05) is 24.4 Å². The normalized spacial score (nSPS) is 11.5. The van der Waals surface area contributed by atoms with Crippen molar-refractivity contribution in [2.45, 2.75) is 0 Å². The first-order valence-corrected chi connectivity index (χ1v) is 4.88. The number of rotatable bonds is 2. The van der Waals surface area contributed by atoms with Gasteiger partial charge < -0.3 is 4.98 Å². The van der Waals surface area contributed by atoms with Crippen LogP contribution in [0.5, 0.6) is 0 Å². The maximum Gasteiger partial charge on any atom is 0.141 e. The van der Waals surface area contributed by atoms with Gasteiger partial charge in [-0.25, -0.2) is 4.68 Å². The number of hydrogen-bond acceptors (Lipinski definition) is 3. The fourth-order valence-corrected chi connectivity index (χ4v) is 1.58. The molecule has 78 valence electrons. The van der Waals surface area contributed by atoms with Gasteiger partial charge in [-0.05, 0) is 6.07 Å². The van der Waals surface area contributed by atoms with E-state index in [1.54, 1.807) is 23.5 Å². The van der Waals surface area contributed by atoms with Crippen LogP contribution in [0.1, 0.15) is 5.56 Å². The number of H-pyrrole nitrogens is 1. The molecule has 0 atom stereocenters. The highest BCUT2D eigenvalue weighted by atomic mass is 15.4. The Balaban J connectivity index is 2.01. The lowest BCUT2D eigenvalue weighted by molar-refractivity contribution is 0.878. The summed E-state index contributed by atoms with van der Waals surface area (Å²) in [6.07, 6.45) is 6.80. The SMILES string of the molecule is C(=N/n1cnnc1)/c1c[nH]c2ccccc12. The lowest BCUT2D eigenvalue weighted by atomic mass is 10.2. The van der Waals surface area contributed by atoms with Gasteiger partial charge in [-0.1, -0.05) is 18.2 Å². The lowest BCUT2D eigenvalue weighted by Gasteiger charge is -1.90. The number of aromatic nitrogens is 4. The zero-order valence-corrected chi connectivity index (χ0v) is 8.41. The molecule has 0 saturated heterocycles. The third-order valence-corrected chi connectivity index (χ3v) is 2.36. The molecular formula is C11H9N5. The molecule has 3 aromatic rings. The Morgan fingerprint density at radius 1 is 1.19 bits per heavy atom. The van der Waals surface area contributed by atoms with Gasteiger partial charge in [0.1, 0.15) is 12.7 Å². The first kappa shape index (κ1) is 8.84. The molecule has 0 aliphatic rings. The van der Waals surface area contributed by atoms with Crippen molar-refractivity contribution in [2.75, 3.05) is 0 Å². The first-order chi connectivity index (χ1) is 7.93. The monoisotopic (exact) mass is 211 g/mol. The summed E-state index contributed by atoms with van der Waals surface area (Å²) in [5.41, 5.74) is 2.15. The van der Waals surface area contributed by atoms with E-state index in [-0.39, 0.29) is 0 Å². The second-order valence-corrected chi connectivity index (χ2v) is 3.38. The van der Waals surface area contributed by atoms with E-state index in [0.29, 0.717) is 0 Å². The molecule has 0 fully saturated rings. The second-order valence-electron chi connectivity index (χ2n) is 3.38. The van der Waals surface area contributed by atoms with Crippen LogP contribution in [0, 0.1) is 0 Å². The summed E-state index contributed by atoms with van der Waals surface area (Å²) in [5.74, 6) is 0.